The van der Waals surface area contributed by atoms with Crippen molar-refractivity contribution in [3.63, 3.8) is 0 Å². The third-order valence-electron chi connectivity index (χ3n) is 3.12. The summed E-state index contributed by atoms with van der Waals surface area (Å²) >= 11 is 0. The van der Waals surface area contributed by atoms with Crippen molar-refractivity contribution < 1.29 is 13.5 Å². The minimum atomic E-state index is -2.96. The molecule has 114 valence electrons. The summed E-state index contributed by atoms with van der Waals surface area (Å²) in [6, 6.07) is 5.60. The molecular weight excluding hydrogens is 272 g/mol. The minimum absolute atomic E-state index is 0.268. The highest BCUT2D eigenvalue weighted by molar-refractivity contribution is 6.09. The summed E-state index contributed by atoms with van der Waals surface area (Å²) in [6.07, 6.45) is 3.48. The SMILES string of the molecule is C=C(C=N/C(=C\C)C(C)(F)F)c1ccc(OC)cc1CC. The van der Waals surface area contributed by atoms with E-state index in [2.05, 4.69) is 11.6 Å². The Bertz CT molecular complexity index is 569. The molecule has 1 aromatic carbocycles. The van der Waals surface area contributed by atoms with Crippen LogP contribution in [-0.2, 0) is 6.42 Å². The quantitative estimate of drug-likeness (QED) is 0.683. The molecule has 0 aliphatic rings. The molecule has 0 bridgehead atoms. The Labute approximate surface area is 124 Å². The molecule has 4 heteroatoms. The summed E-state index contributed by atoms with van der Waals surface area (Å²) in [5.74, 6) is -2.20. The van der Waals surface area contributed by atoms with Crippen molar-refractivity contribution >= 4 is 11.8 Å². The van der Waals surface area contributed by atoms with E-state index in [0.29, 0.717) is 5.57 Å². The first-order valence-corrected chi connectivity index (χ1v) is 6.78. The topological polar surface area (TPSA) is 21.6 Å². The van der Waals surface area contributed by atoms with Gasteiger partial charge in [0.2, 0.25) is 0 Å². The zero-order chi connectivity index (χ0) is 16.0. The van der Waals surface area contributed by atoms with Crippen LogP contribution in [0.1, 0.15) is 31.9 Å². The van der Waals surface area contributed by atoms with Crippen molar-refractivity contribution in [2.45, 2.75) is 33.1 Å². The maximum absolute atomic E-state index is 13.3. The molecule has 21 heavy (non-hydrogen) atoms. The van der Waals surface area contributed by atoms with Crippen molar-refractivity contribution in [3.05, 3.63) is 47.7 Å². The van der Waals surface area contributed by atoms with E-state index in [4.69, 9.17) is 4.74 Å². The zero-order valence-electron chi connectivity index (χ0n) is 12.9. The van der Waals surface area contributed by atoms with Crippen molar-refractivity contribution in [1.29, 1.82) is 0 Å². The molecule has 0 atom stereocenters. The summed E-state index contributed by atoms with van der Waals surface area (Å²) in [5, 5.41) is 0. The third kappa shape index (κ3) is 4.52. The molecule has 0 fully saturated rings. The second kappa shape index (κ2) is 7.16. The number of methoxy groups -OCH3 is 1. The number of hydrogen-bond acceptors (Lipinski definition) is 2. The first-order valence-electron chi connectivity index (χ1n) is 6.78. The number of halogens is 2. The Morgan fingerprint density at radius 3 is 2.57 bits per heavy atom. The molecule has 0 amide bonds. The van der Waals surface area contributed by atoms with Gasteiger partial charge < -0.3 is 4.74 Å². The van der Waals surface area contributed by atoms with Gasteiger partial charge in [-0.2, -0.15) is 8.78 Å². The molecule has 0 aliphatic heterocycles. The molecule has 0 saturated carbocycles. The van der Waals surface area contributed by atoms with Gasteiger partial charge in [0, 0.05) is 13.1 Å². The molecule has 0 radical (unpaired) electrons. The van der Waals surface area contributed by atoms with E-state index in [1.165, 1.54) is 19.2 Å². The van der Waals surface area contributed by atoms with Crippen LogP contribution in [0, 0.1) is 0 Å². The molecule has 0 unspecified atom stereocenters. The molecule has 0 aromatic heterocycles. The maximum atomic E-state index is 13.3. The highest BCUT2D eigenvalue weighted by Gasteiger charge is 2.26. The average molecular weight is 293 g/mol. The lowest BCUT2D eigenvalue weighted by molar-refractivity contribution is 0.0621. The lowest BCUT2D eigenvalue weighted by Crippen LogP contribution is -2.12. The number of aryl methyl sites for hydroxylation is 1. The molecule has 0 spiro atoms. The predicted octanol–water partition coefficient (Wildman–Crippen LogP) is 4.90. The van der Waals surface area contributed by atoms with Gasteiger partial charge in [-0.05, 0) is 42.2 Å². The Morgan fingerprint density at radius 1 is 1.43 bits per heavy atom. The van der Waals surface area contributed by atoms with Crippen LogP contribution in [0.25, 0.3) is 5.57 Å². The van der Waals surface area contributed by atoms with Crippen molar-refractivity contribution in [1.82, 2.24) is 0 Å². The van der Waals surface area contributed by atoms with Crippen molar-refractivity contribution in [2.75, 3.05) is 7.11 Å². The van der Waals surface area contributed by atoms with Gasteiger partial charge in [-0.15, -0.1) is 0 Å². The van der Waals surface area contributed by atoms with Crippen LogP contribution in [0.15, 0.2) is 41.5 Å². The smallest absolute Gasteiger partial charge is 0.286 e. The molecule has 0 N–H and O–H groups in total. The highest BCUT2D eigenvalue weighted by Crippen LogP contribution is 2.26. The number of rotatable bonds is 6. The van der Waals surface area contributed by atoms with Gasteiger partial charge in [-0.1, -0.05) is 25.6 Å². The lowest BCUT2D eigenvalue weighted by atomic mass is 9.99. The van der Waals surface area contributed by atoms with Gasteiger partial charge in [0.25, 0.3) is 5.92 Å². The number of alkyl halides is 2. The van der Waals surface area contributed by atoms with Gasteiger partial charge >= 0.3 is 0 Å². The fourth-order valence-electron chi connectivity index (χ4n) is 1.96. The number of aliphatic imine (C=N–C) groups is 1. The number of ether oxygens (including phenoxy) is 1. The van der Waals surface area contributed by atoms with E-state index >= 15 is 0 Å². The second-order valence-electron chi connectivity index (χ2n) is 4.72. The van der Waals surface area contributed by atoms with E-state index in [1.54, 1.807) is 7.11 Å². The molecular formula is C17H21F2NO. The summed E-state index contributed by atoms with van der Waals surface area (Å²) in [6.45, 7) is 8.30. The Morgan fingerprint density at radius 2 is 2.10 bits per heavy atom. The van der Waals surface area contributed by atoms with Gasteiger partial charge in [0.15, 0.2) is 0 Å². The van der Waals surface area contributed by atoms with E-state index < -0.39 is 5.92 Å². The van der Waals surface area contributed by atoms with Gasteiger partial charge in [0.05, 0.1) is 7.11 Å². The summed E-state index contributed by atoms with van der Waals surface area (Å²) in [5.41, 5.74) is 2.25. The first kappa shape index (κ1) is 17.1. The molecule has 2 nitrogen and oxygen atoms in total. The number of hydrogen-bond donors (Lipinski definition) is 0. The van der Waals surface area contributed by atoms with Crippen LogP contribution in [0.3, 0.4) is 0 Å². The van der Waals surface area contributed by atoms with E-state index in [0.717, 1.165) is 30.2 Å². The monoisotopic (exact) mass is 293 g/mol. The maximum Gasteiger partial charge on any atom is 0.286 e. The van der Waals surface area contributed by atoms with Crippen LogP contribution in [0.2, 0.25) is 0 Å². The zero-order valence-corrected chi connectivity index (χ0v) is 12.9. The molecule has 0 saturated heterocycles. The van der Waals surface area contributed by atoms with Gasteiger partial charge in [-0.25, -0.2) is 0 Å². The summed E-state index contributed by atoms with van der Waals surface area (Å²) in [4.78, 5) is 3.86. The normalized spacial score (nSPS) is 12.8. The number of nitrogens with zero attached hydrogens (tertiary/aromatic N) is 1. The minimum Gasteiger partial charge on any atom is -0.497 e. The standard InChI is InChI=1S/C17H21F2NO/c1-6-13-10-14(21-5)8-9-15(13)12(3)11-20-16(7-2)17(4,18)19/h7-11H,3,6H2,1-2,4-5H3/b16-7-,20-11?. The summed E-state index contributed by atoms with van der Waals surface area (Å²) in [7, 11) is 1.60. The third-order valence-corrected chi connectivity index (χ3v) is 3.12. The average Bonchev–Trinajstić information content (AvgIpc) is 2.45. The van der Waals surface area contributed by atoms with Gasteiger partial charge in [0.1, 0.15) is 11.4 Å². The van der Waals surface area contributed by atoms with Crippen LogP contribution in [-0.4, -0.2) is 19.2 Å². The predicted molar refractivity (Wildman–Crippen MR) is 84.3 cm³/mol. The molecule has 1 rings (SSSR count). The van der Waals surface area contributed by atoms with E-state index in [9.17, 15) is 8.78 Å². The highest BCUT2D eigenvalue weighted by atomic mass is 19.3. The Balaban J connectivity index is 3.05. The largest absolute Gasteiger partial charge is 0.497 e. The van der Waals surface area contributed by atoms with Crippen LogP contribution >= 0.6 is 0 Å². The fourth-order valence-corrected chi connectivity index (χ4v) is 1.96. The number of benzene rings is 1. The molecule has 0 aliphatic carbocycles. The van der Waals surface area contributed by atoms with Crippen LogP contribution in [0.4, 0.5) is 8.78 Å². The summed E-state index contributed by atoms with van der Waals surface area (Å²) < 4.78 is 31.7. The lowest BCUT2D eigenvalue weighted by Gasteiger charge is -2.12. The first-order chi connectivity index (χ1) is 9.83. The molecule has 0 heterocycles. The molecule has 1 aromatic rings. The van der Waals surface area contributed by atoms with Crippen LogP contribution < -0.4 is 4.74 Å². The van der Waals surface area contributed by atoms with E-state index in [-0.39, 0.29) is 5.70 Å². The van der Waals surface area contributed by atoms with Crippen LogP contribution in [0.5, 0.6) is 5.75 Å². The number of allylic oxidation sites excluding steroid dienone is 3. The van der Waals surface area contributed by atoms with Crippen molar-refractivity contribution in [3.8, 4) is 5.75 Å². The van der Waals surface area contributed by atoms with E-state index in [1.807, 2.05) is 25.1 Å². The van der Waals surface area contributed by atoms with Crippen molar-refractivity contribution in [2.24, 2.45) is 4.99 Å². The second-order valence-corrected chi connectivity index (χ2v) is 4.72. The Kier molecular flexibility index (Phi) is 5.82. The van der Waals surface area contributed by atoms with Gasteiger partial charge in [-0.3, -0.25) is 4.99 Å². The fraction of sp³-hybridized carbons (Fsp3) is 0.353. The Hall–Kier alpha value is -1.97.